The Bertz CT molecular complexity index is 236. The van der Waals surface area contributed by atoms with Crippen molar-refractivity contribution in [3.63, 3.8) is 0 Å². The van der Waals surface area contributed by atoms with E-state index in [0.717, 1.165) is 13.0 Å². The lowest BCUT2D eigenvalue weighted by atomic mass is 10.1. The van der Waals surface area contributed by atoms with Gasteiger partial charge in [-0.15, -0.1) is 0 Å². The van der Waals surface area contributed by atoms with Crippen molar-refractivity contribution in [1.82, 2.24) is 15.5 Å². The molecule has 0 saturated carbocycles. The first kappa shape index (κ1) is 12.2. The van der Waals surface area contributed by atoms with Gasteiger partial charge in [0.05, 0.1) is 0 Å². The minimum absolute atomic E-state index is 0.583. The van der Waals surface area contributed by atoms with Gasteiger partial charge in [0, 0.05) is 19.0 Å². The van der Waals surface area contributed by atoms with Gasteiger partial charge in [-0.25, -0.2) is 0 Å². The maximum Gasteiger partial charge on any atom is 0.227 e. The van der Waals surface area contributed by atoms with Crippen LogP contribution in [0.4, 0.5) is 0 Å². The summed E-state index contributed by atoms with van der Waals surface area (Å²) in [4.78, 5) is 3.97. The highest BCUT2D eigenvalue weighted by Crippen LogP contribution is 2.02. The van der Waals surface area contributed by atoms with Crippen LogP contribution in [0.3, 0.4) is 0 Å². The van der Waals surface area contributed by atoms with Crippen LogP contribution < -0.4 is 5.32 Å². The van der Waals surface area contributed by atoms with Crippen LogP contribution in [0.25, 0.3) is 0 Å². The summed E-state index contributed by atoms with van der Waals surface area (Å²) in [6.45, 7) is 5.37. The predicted molar refractivity (Wildman–Crippen MR) is 59.6 cm³/mol. The highest BCUT2D eigenvalue weighted by Gasteiger charge is 2.02. The Morgan fingerprint density at radius 3 is 3.00 bits per heavy atom. The van der Waals surface area contributed by atoms with Gasteiger partial charge in [0.2, 0.25) is 5.89 Å². The molecule has 1 aromatic rings. The van der Waals surface area contributed by atoms with Gasteiger partial charge in [-0.3, -0.25) is 0 Å². The molecular weight excluding hydrogens is 190 g/mol. The second-order valence-electron chi connectivity index (χ2n) is 3.94. The summed E-state index contributed by atoms with van der Waals surface area (Å²) < 4.78 is 4.91. The summed E-state index contributed by atoms with van der Waals surface area (Å²) in [6, 6.07) is 0.583. The fourth-order valence-electron chi connectivity index (χ4n) is 1.53. The Kier molecular flexibility index (Phi) is 6.00. The quantitative estimate of drug-likeness (QED) is 0.669. The zero-order chi connectivity index (χ0) is 10.9. The van der Waals surface area contributed by atoms with E-state index in [2.05, 4.69) is 29.3 Å². The topological polar surface area (TPSA) is 51.0 Å². The van der Waals surface area contributed by atoms with E-state index in [9.17, 15) is 0 Å². The Labute approximate surface area is 91.5 Å². The number of nitrogens with one attached hydrogen (secondary N) is 1. The summed E-state index contributed by atoms with van der Waals surface area (Å²) in [5.41, 5.74) is 0. The van der Waals surface area contributed by atoms with Gasteiger partial charge in [-0.05, 0) is 13.3 Å². The molecule has 0 amide bonds. The molecular formula is C11H21N3O. The number of hydrogen-bond donors (Lipinski definition) is 1. The van der Waals surface area contributed by atoms with Crippen LogP contribution >= 0.6 is 0 Å². The fourth-order valence-corrected chi connectivity index (χ4v) is 1.53. The zero-order valence-electron chi connectivity index (χ0n) is 9.70. The van der Waals surface area contributed by atoms with E-state index >= 15 is 0 Å². The lowest BCUT2D eigenvalue weighted by Gasteiger charge is -2.12. The van der Waals surface area contributed by atoms with E-state index < -0.39 is 0 Å². The molecule has 0 fully saturated rings. The fraction of sp³-hybridized carbons (Fsp3) is 0.818. The van der Waals surface area contributed by atoms with Crippen molar-refractivity contribution < 1.29 is 4.52 Å². The van der Waals surface area contributed by atoms with Gasteiger partial charge in [-0.2, -0.15) is 4.98 Å². The summed E-state index contributed by atoms with van der Waals surface area (Å²) >= 11 is 0. The SMILES string of the molecule is CCCCCC(C)NCCc1ncno1. The molecule has 0 aliphatic heterocycles. The van der Waals surface area contributed by atoms with Crippen molar-refractivity contribution in [1.29, 1.82) is 0 Å². The van der Waals surface area contributed by atoms with Gasteiger partial charge in [0.15, 0.2) is 6.33 Å². The van der Waals surface area contributed by atoms with Gasteiger partial charge in [-0.1, -0.05) is 31.3 Å². The van der Waals surface area contributed by atoms with Gasteiger partial charge >= 0.3 is 0 Å². The monoisotopic (exact) mass is 211 g/mol. The highest BCUT2D eigenvalue weighted by molar-refractivity contribution is 4.75. The first-order chi connectivity index (χ1) is 7.33. The Morgan fingerprint density at radius 1 is 1.47 bits per heavy atom. The predicted octanol–water partition coefficient (Wildman–Crippen LogP) is 2.17. The van der Waals surface area contributed by atoms with E-state index in [0.29, 0.717) is 11.9 Å². The molecule has 1 N–H and O–H groups in total. The number of rotatable bonds is 8. The average Bonchev–Trinajstić information content (AvgIpc) is 2.71. The first-order valence-corrected chi connectivity index (χ1v) is 5.82. The van der Waals surface area contributed by atoms with Crippen molar-refractivity contribution in [2.75, 3.05) is 6.54 Å². The van der Waals surface area contributed by atoms with Gasteiger partial charge < -0.3 is 9.84 Å². The maximum absolute atomic E-state index is 4.91. The van der Waals surface area contributed by atoms with E-state index in [-0.39, 0.29) is 0 Å². The van der Waals surface area contributed by atoms with Crippen molar-refractivity contribution in [2.45, 2.75) is 52.0 Å². The van der Waals surface area contributed by atoms with E-state index in [1.54, 1.807) is 0 Å². The molecule has 0 aromatic carbocycles. The molecule has 15 heavy (non-hydrogen) atoms. The molecule has 0 bridgehead atoms. The van der Waals surface area contributed by atoms with Crippen molar-refractivity contribution in [3.05, 3.63) is 12.2 Å². The van der Waals surface area contributed by atoms with Gasteiger partial charge in [0.1, 0.15) is 0 Å². The van der Waals surface area contributed by atoms with Crippen molar-refractivity contribution >= 4 is 0 Å². The van der Waals surface area contributed by atoms with Crippen LogP contribution in [-0.4, -0.2) is 22.7 Å². The number of nitrogens with zero attached hydrogens (tertiary/aromatic N) is 2. The number of aromatic nitrogens is 2. The molecule has 1 aromatic heterocycles. The first-order valence-electron chi connectivity index (χ1n) is 5.82. The normalized spacial score (nSPS) is 12.9. The smallest absolute Gasteiger partial charge is 0.227 e. The molecule has 1 atom stereocenters. The van der Waals surface area contributed by atoms with E-state index in [1.807, 2.05) is 0 Å². The Balaban J connectivity index is 1.99. The second-order valence-corrected chi connectivity index (χ2v) is 3.94. The minimum atomic E-state index is 0.583. The third kappa shape index (κ3) is 5.52. The van der Waals surface area contributed by atoms with Gasteiger partial charge in [0.25, 0.3) is 0 Å². The largest absolute Gasteiger partial charge is 0.340 e. The number of unbranched alkanes of at least 4 members (excludes halogenated alkanes) is 2. The molecule has 4 heteroatoms. The summed E-state index contributed by atoms with van der Waals surface area (Å²) in [7, 11) is 0. The molecule has 1 heterocycles. The lowest BCUT2D eigenvalue weighted by Crippen LogP contribution is -2.28. The third-order valence-corrected chi connectivity index (χ3v) is 2.48. The summed E-state index contributed by atoms with van der Waals surface area (Å²) in [6.07, 6.45) is 7.44. The van der Waals surface area contributed by atoms with Crippen molar-refractivity contribution in [2.24, 2.45) is 0 Å². The zero-order valence-corrected chi connectivity index (χ0v) is 9.70. The van der Waals surface area contributed by atoms with Crippen LogP contribution in [0, 0.1) is 0 Å². The molecule has 0 aliphatic rings. The molecule has 0 saturated heterocycles. The molecule has 0 spiro atoms. The highest BCUT2D eigenvalue weighted by atomic mass is 16.5. The molecule has 4 nitrogen and oxygen atoms in total. The Morgan fingerprint density at radius 2 is 2.33 bits per heavy atom. The standard InChI is InChI=1S/C11H21N3O/c1-3-4-5-6-10(2)12-8-7-11-13-9-14-15-11/h9-10,12H,3-8H2,1-2H3. The second kappa shape index (κ2) is 7.40. The molecule has 0 radical (unpaired) electrons. The minimum Gasteiger partial charge on any atom is -0.340 e. The summed E-state index contributed by atoms with van der Waals surface area (Å²) in [5, 5.41) is 7.02. The van der Waals surface area contributed by atoms with Crippen LogP contribution in [0.2, 0.25) is 0 Å². The molecule has 0 aliphatic carbocycles. The van der Waals surface area contributed by atoms with Crippen LogP contribution in [0.15, 0.2) is 10.9 Å². The maximum atomic E-state index is 4.91. The molecule has 1 unspecified atom stereocenters. The molecule has 1 rings (SSSR count). The molecule has 86 valence electrons. The third-order valence-electron chi connectivity index (χ3n) is 2.48. The number of hydrogen-bond acceptors (Lipinski definition) is 4. The van der Waals surface area contributed by atoms with Crippen molar-refractivity contribution in [3.8, 4) is 0 Å². The van der Waals surface area contributed by atoms with E-state index in [1.165, 1.54) is 32.0 Å². The van der Waals surface area contributed by atoms with E-state index in [4.69, 9.17) is 4.52 Å². The average molecular weight is 211 g/mol. The summed E-state index contributed by atoms with van der Waals surface area (Å²) in [5.74, 6) is 0.711. The lowest BCUT2D eigenvalue weighted by molar-refractivity contribution is 0.370. The van der Waals surface area contributed by atoms with Crippen LogP contribution in [0.5, 0.6) is 0 Å². The van der Waals surface area contributed by atoms with Crippen LogP contribution in [-0.2, 0) is 6.42 Å². The van der Waals surface area contributed by atoms with Crippen LogP contribution in [0.1, 0.15) is 45.4 Å². The Hall–Kier alpha value is -0.900.